The van der Waals surface area contributed by atoms with E-state index < -0.39 is 5.41 Å². The van der Waals surface area contributed by atoms with E-state index in [1.165, 1.54) is 4.90 Å². The number of amides is 3. The van der Waals surface area contributed by atoms with Crippen LogP contribution in [0.3, 0.4) is 0 Å². The van der Waals surface area contributed by atoms with Gasteiger partial charge in [-0.15, -0.1) is 0 Å². The van der Waals surface area contributed by atoms with Crippen molar-refractivity contribution >= 4 is 17.7 Å². The molecule has 4 rings (SSSR count). The van der Waals surface area contributed by atoms with Gasteiger partial charge in [0.1, 0.15) is 0 Å². The zero-order valence-corrected chi connectivity index (χ0v) is 18.7. The van der Waals surface area contributed by atoms with Gasteiger partial charge in [-0.05, 0) is 31.0 Å². The van der Waals surface area contributed by atoms with Gasteiger partial charge in [0.25, 0.3) is 0 Å². The minimum Gasteiger partial charge on any atom is -0.340 e. The summed E-state index contributed by atoms with van der Waals surface area (Å²) in [7, 11) is 0. The highest BCUT2D eigenvalue weighted by molar-refractivity contribution is 6.10. The number of carbonyl (C=O) groups is 3. The molecule has 0 bridgehead atoms. The molecule has 168 valence electrons. The van der Waals surface area contributed by atoms with E-state index in [9.17, 15) is 14.4 Å². The van der Waals surface area contributed by atoms with Crippen molar-refractivity contribution in [3.8, 4) is 0 Å². The van der Waals surface area contributed by atoms with Crippen LogP contribution in [-0.4, -0.2) is 69.6 Å². The molecule has 1 unspecified atom stereocenters. The third-order valence-corrected chi connectivity index (χ3v) is 6.65. The number of imide groups is 1. The fourth-order valence-corrected chi connectivity index (χ4v) is 4.72. The van der Waals surface area contributed by atoms with Crippen LogP contribution < -0.4 is 0 Å². The van der Waals surface area contributed by atoms with E-state index in [1.54, 1.807) is 18.5 Å². The van der Waals surface area contributed by atoms with Gasteiger partial charge in [-0.1, -0.05) is 36.4 Å². The second-order valence-electron chi connectivity index (χ2n) is 8.96. The van der Waals surface area contributed by atoms with Gasteiger partial charge in [0.15, 0.2) is 0 Å². The van der Waals surface area contributed by atoms with E-state index in [4.69, 9.17) is 0 Å². The Morgan fingerprint density at radius 1 is 1.03 bits per heavy atom. The van der Waals surface area contributed by atoms with Crippen LogP contribution in [0.2, 0.25) is 0 Å². The smallest absolute Gasteiger partial charge is 0.241 e. The van der Waals surface area contributed by atoms with E-state index in [0.717, 1.165) is 24.2 Å². The van der Waals surface area contributed by atoms with Crippen molar-refractivity contribution in [2.75, 3.05) is 26.2 Å². The molecule has 1 aromatic carbocycles. The normalized spacial score (nSPS) is 22.1. The Hall–Kier alpha value is -3.06. The zero-order chi connectivity index (χ0) is 22.7. The Balaban J connectivity index is 1.58. The number of carbonyl (C=O) groups excluding carboxylic acids is 3. The molecule has 2 aliphatic rings. The predicted octanol–water partition coefficient (Wildman–Crippen LogP) is 2.22. The van der Waals surface area contributed by atoms with Crippen molar-refractivity contribution < 1.29 is 14.4 Å². The van der Waals surface area contributed by atoms with Crippen molar-refractivity contribution in [2.45, 2.75) is 44.7 Å². The molecule has 2 aliphatic heterocycles. The second kappa shape index (κ2) is 9.20. The lowest BCUT2D eigenvalue weighted by Crippen LogP contribution is -2.52. The lowest BCUT2D eigenvalue weighted by atomic mass is 9.75. The maximum absolute atomic E-state index is 13.7. The maximum atomic E-state index is 13.7. The fraction of sp³-hybridized carbons (Fsp3) is 0.440. The molecule has 0 N–H and O–H groups in total. The summed E-state index contributed by atoms with van der Waals surface area (Å²) in [5, 5.41) is 0. The highest BCUT2D eigenvalue weighted by atomic mass is 16.2. The molecule has 1 atom stereocenters. The van der Waals surface area contributed by atoms with Crippen LogP contribution in [0.5, 0.6) is 0 Å². The summed E-state index contributed by atoms with van der Waals surface area (Å²) >= 11 is 0. The molecule has 2 fully saturated rings. The molecule has 0 spiro atoms. The van der Waals surface area contributed by atoms with E-state index in [0.29, 0.717) is 19.1 Å². The van der Waals surface area contributed by atoms with Crippen LogP contribution in [0.1, 0.15) is 37.8 Å². The van der Waals surface area contributed by atoms with Gasteiger partial charge in [-0.2, -0.15) is 0 Å². The summed E-state index contributed by atoms with van der Waals surface area (Å²) in [4.78, 5) is 49.6. The molecule has 2 saturated heterocycles. The van der Waals surface area contributed by atoms with Crippen molar-refractivity contribution in [2.24, 2.45) is 0 Å². The molecule has 32 heavy (non-hydrogen) atoms. The molecular formula is C25H30N4O3. The van der Waals surface area contributed by atoms with Crippen LogP contribution in [0, 0.1) is 0 Å². The molecule has 0 saturated carbocycles. The Morgan fingerprint density at radius 3 is 2.38 bits per heavy atom. The molecule has 3 heterocycles. The van der Waals surface area contributed by atoms with Crippen molar-refractivity contribution in [3.05, 3.63) is 66.0 Å². The molecule has 0 aliphatic carbocycles. The number of piperazine rings is 1. The van der Waals surface area contributed by atoms with Crippen LogP contribution in [-0.2, 0) is 26.3 Å². The lowest BCUT2D eigenvalue weighted by molar-refractivity contribution is -0.143. The van der Waals surface area contributed by atoms with E-state index in [2.05, 4.69) is 23.7 Å². The van der Waals surface area contributed by atoms with Crippen molar-refractivity contribution in [1.29, 1.82) is 0 Å². The van der Waals surface area contributed by atoms with Crippen LogP contribution >= 0.6 is 0 Å². The number of likely N-dealkylation sites (tertiary alicyclic amines) is 1. The third-order valence-electron chi connectivity index (χ3n) is 6.65. The van der Waals surface area contributed by atoms with E-state index in [-0.39, 0.29) is 37.1 Å². The third kappa shape index (κ3) is 4.30. The molecule has 7 heteroatoms. The summed E-state index contributed by atoms with van der Waals surface area (Å²) in [6.07, 6.45) is 3.33. The Labute approximate surface area is 189 Å². The van der Waals surface area contributed by atoms with Gasteiger partial charge in [0, 0.05) is 57.5 Å². The van der Waals surface area contributed by atoms with Gasteiger partial charge in [0.05, 0.1) is 12.0 Å². The first kappa shape index (κ1) is 22.1. The number of nitrogens with zero attached hydrogens (tertiary/aromatic N) is 4. The van der Waals surface area contributed by atoms with Gasteiger partial charge in [0.2, 0.25) is 17.7 Å². The summed E-state index contributed by atoms with van der Waals surface area (Å²) in [6, 6.07) is 13.3. The zero-order valence-electron chi connectivity index (χ0n) is 18.7. The standard InChI is InChI=1S/C25H30N4O3/c1-19(2)27-11-13-28(14-12-27)22(30)15-25(21-8-4-3-5-9-21)16-23(31)29(24(25)32)18-20-7-6-10-26-17-20/h3-10,17,19H,11-16,18H2,1-2H3. The number of hydrogen-bond donors (Lipinski definition) is 0. The Bertz CT molecular complexity index is 971. The molecule has 0 radical (unpaired) electrons. The number of benzene rings is 1. The van der Waals surface area contributed by atoms with Crippen LogP contribution in [0.4, 0.5) is 0 Å². The second-order valence-corrected chi connectivity index (χ2v) is 8.96. The first-order chi connectivity index (χ1) is 15.4. The SMILES string of the molecule is CC(C)N1CCN(C(=O)CC2(c3ccccc3)CC(=O)N(Cc3cccnc3)C2=O)CC1. The number of aromatic nitrogens is 1. The summed E-state index contributed by atoms with van der Waals surface area (Å²) in [5.41, 5.74) is 0.350. The number of pyridine rings is 1. The predicted molar refractivity (Wildman–Crippen MR) is 120 cm³/mol. The van der Waals surface area contributed by atoms with Gasteiger partial charge < -0.3 is 4.90 Å². The fourth-order valence-electron chi connectivity index (χ4n) is 4.72. The molecule has 1 aromatic heterocycles. The van der Waals surface area contributed by atoms with Gasteiger partial charge >= 0.3 is 0 Å². The van der Waals surface area contributed by atoms with Crippen molar-refractivity contribution in [1.82, 2.24) is 19.7 Å². The molecular weight excluding hydrogens is 404 g/mol. The molecule has 2 aromatic rings. The highest BCUT2D eigenvalue weighted by Gasteiger charge is 2.54. The summed E-state index contributed by atoms with van der Waals surface area (Å²) in [6.45, 7) is 7.40. The van der Waals surface area contributed by atoms with Crippen molar-refractivity contribution in [3.63, 3.8) is 0 Å². The Morgan fingerprint density at radius 2 is 1.75 bits per heavy atom. The number of hydrogen-bond acceptors (Lipinski definition) is 5. The number of rotatable bonds is 6. The van der Waals surface area contributed by atoms with E-state index in [1.807, 2.05) is 41.3 Å². The average molecular weight is 435 g/mol. The summed E-state index contributed by atoms with van der Waals surface area (Å²) in [5.74, 6) is -0.617. The topological polar surface area (TPSA) is 73.8 Å². The average Bonchev–Trinajstić information content (AvgIpc) is 3.05. The lowest BCUT2D eigenvalue weighted by Gasteiger charge is -2.38. The monoisotopic (exact) mass is 434 g/mol. The molecule has 7 nitrogen and oxygen atoms in total. The van der Waals surface area contributed by atoms with Gasteiger partial charge in [-0.3, -0.25) is 29.2 Å². The van der Waals surface area contributed by atoms with Crippen LogP contribution in [0.15, 0.2) is 54.9 Å². The quantitative estimate of drug-likeness (QED) is 0.652. The summed E-state index contributed by atoms with van der Waals surface area (Å²) < 4.78 is 0. The first-order valence-corrected chi connectivity index (χ1v) is 11.2. The Kier molecular flexibility index (Phi) is 6.37. The van der Waals surface area contributed by atoms with E-state index >= 15 is 0 Å². The highest BCUT2D eigenvalue weighted by Crippen LogP contribution is 2.41. The molecule has 3 amide bonds. The van der Waals surface area contributed by atoms with Crippen LogP contribution in [0.25, 0.3) is 0 Å². The minimum atomic E-state index is -1.16. The van der Waals surface area contributed by atoms with Gasteiger partial charge in [-0.25, -0.2) is 0 Å². The maximum Gasteiger partial charge on any atom is 0.241 e. The minimum absolute atomic E-state index is 0.00675. The largest absolute Gasteiger partial charge is 0.340 e. The first-order valence-electron chi connectivity index (χ1n) is 11.2.